The molecule has 0 spiro atoms. The van der Waals surface area contributed by atoms with Crippen molar-refractivity contribution < 1.29 is 22.6 Å². The van der Waals surface area contributed by atoms with Gasteiger partial charge >= 0.3 is 0 Å². The molecule has 6 nitrogen and oxygen atoms in total. The van der Waals surface area contributed by atoms with Crippen LogP contribution in [0.15, 0.2) is 24.3 Å². The monoisotopic (exact) mass is 269 g/mol. The molecule has 2 rings (SSSR count). The molecule has 1 heterocycles. The smallest absolute Gasteiger partial charge is 0.267 e. The first kappa shape index (κ1) is 14.1. The average molecular weight is 269 g/mol. The zero-order chi connectivity index (χ0) is 13.8. The fourth-order valence-corrected chi connectivity index (χ4v) is 1.22. The van der Waals surface area contributed by atoms with Crippen LogP contribution in [0.4, 0.5) is 5.69 Å². The average Bonchev–Trinajstić information content (AvgIpc) is 2.64. The van der Waals surface area contributed by atoms with Gasteiger partial charge in [-0.2, -0.15) is 8.42 Å². The first-order valence-corrected chi connectivity index (χ1v) is 6.61. The molecule has 0 fully saturated rings. The van der Waals surface area contributed by atoms with Crippen LogP contribution in [0, 0.1) is 0 Å². The minimum Gasteiger partial charge on any atom is -0.321 e. The Morgan fingerprint density at radius 1 is 1.33 bits per heavy atom. The maximum absolute atomic E-state index is 11.1. The van der Waals surface area contributed by atoms with E-state index in [-0.39, 0.29) is 17.2 Å². The molecule has 1 aromatic rings. The van der Waals surface area contributed by atoms with E-state index in [9.17, 15) is 18.0 Å². The second-order valence-electron chi connectivity index (χ2n) is 3.35. The summed E-state index contributed by atoms with van der Waals surface area (Å²) in [7, 11) is -3.66. The highest BCUT2D eigenvalue weighted by atomic mass is 32.2. The molecule has 0 bridgehead atoms. The highest BCUT2D eigenvalue weighted by molar-refractivity contribution is 7.85. The van der Waals surface area contributed by atoms with Gasteiger partial charge in [-0.15, -0.1) is 0 Å². The van der Waals surface area contributed by atoms with Gasteiger partial charge in [0.2, 0.25) is 0 Å². The number of carbonyl (C=O) groups excluding carboxylic acids is 2. The van der Waals surface area contributed by atoms with Gasteiger partial charge in [-0.25, -0.2) is 4.79 Å². The van der Waals surface area contributed by atoms with Crippen LogP contribution in [0.25, 0.3) is 5.57 Å². The summed E-state index contributed by atoms with van der Waals surface area (Å²) in [6, 6.07) is 7.04. The Kier molecular flexibility index (Phi) is 4.38. The standard InChI is InChI=1S/C9H5NO2.C2H6O3S/c11-5-7-6-3-1-2-4-8(6)10-9(7)12;1-2-6(3,4)5/h1-4H,(H,10,12);2H2,1H3,(H,3,4,5). The van der Waals surface area contributed by atoms with Crippen LogP contribution in [0.2, 0.25) is 0 Å². The Balaban J connectivity index is 0.000000232. The number of benzene rings is 1. The molecule has 0 aliphatic carbocycles. The molecule has 18 heavy (non-hydrogen) atoms. The van der Waals surface area contributed by atoms with Gasteiger partial charge in [0.15, 0.2) is 0 Å². The maximum atomic E-state index is 11.1. The van der Waals surface area contributed by atoms with Crippen molar-refractivity contribution in [2.75, 3.05) is 11.1 Å². The minimum absolute atomic E-state index is 0.0885. The number of rotatable bonds is 1. The van der Waals surface area contributed by atoms with Crippen molar-refractivity contribution in [3.63, 3.8) is 0 Å². The first-order valence-electron chi connectivity index (χ1n) is 5.00. The van der Waals surface area contributed by atoms with E-state index in [4.69, 9.17) is 4.55 Å². The molecule has 1 amide bonds. The largest absolute Gasteiger partial charge is 0.321 e. The summed E-state index contributed by atoms with van der Waals surface area (Å²) in [4.78, 5) is 21.4. The molecule has 0 saturated carbocycles. The summed E-state index contributed by atoms with van der Waals surface area (Å²) >= 11 is 0. The lowest BCUT2D eigenvalue weighted by molar-refractivity contribution is -0.110. The number of fused-ring (bicyclic) bond motifs is 1. The summed E-state index contributed by atoms with van der Waals surface area (Å²) in [5, 5.41) is 2.56. The third-order valence-corrected chi connectivity index (χ3v) is 2.87. The summed E-state index contributed by atoms with van der Waals surface area (Å²) in [5.41, 5.74) is 1.41. The molecule has 1 aromatic carbocycles. The minimum atomic E-state index is -3.66. The van der Waals surface area contributed by atoms with E-state index in [0.717, 1.165) is 0 Å². The van der Waals surface area contributed by atoms with Crippen molar-refractivity contribution in [1.29, 1.82) is 0 Å². The molecule has 0 radical (unpaired) electrons. The quantitative estimate of drug-likeness (QED) is 0.445. The molecule has 0 unspecified atom stereocenters. The van der Waals surface area contributed by atoms with Gasteiger partial charge in [0.1, 0.15) is 11.5 Å². The van der Waals surface area contributed by atoms with Crippen LogP contribution >= 0.6 is 0 Å². The molecule has 0 atom stereocenters. The topological polar surface area (TPSA) is 101 Å². The lowest BCUT2D eigenvalue weighted by Crippen LogP contribution is -2.03. The summed E-state index contributed by atoms with van der Waals surface area (Å²) in [6.45, 7) is 1.37. The summed E-state index contributed by atoms with van der Waals surface area (Å²) < 4.78 is 26.9. The molecular formula is C11H11NO5S. The number of anilines is 1. The van der Waals surface area contributed by atoms with Gasteiger partial charge in [-0.05, 0) is 13.0 Å². The van der Waals surface area contributed by atoms with Crippen LogP contribution in [-0.4, -0.2) is 30.6 Å². The molecule has 0 aromatic heterocycles. The Hall–Kier alpha value is -1.95. The van der Waals surface area contributed by atoms with E-state index < -0.39 is 10.1 Å². The van der Waals surface area contributed by atoms with Crippen LogP contribution in [0.3, 0.4) is 0 Å². The molecule has 0 saturated heterocycles. The Morgan fingerprint density at radius 2 is 1.89 bits per heavy atom. The normalized spacial score (nSPS) is 13.0. The van der Waals surface area contributed by atoms with E-state index in [1.165, 1.54) is 6.92 Å². The van der Waals surface area contributed by atoms with Gasteiger partial charge < -0.3 is 5.32 Å². The Morgan fingerprint density at radius 3 is 2.39 bits per heavy atom. The fraction of sp³-hybridized carbons (Fsp3) is 0.182. The van der Waals surface area contributed by atoms with Crippen molar-refractivity contribution in [1.82, 2.24) is 0 Å². The molecule has 1 aliphatic heterocycles. The molecule has 1 aliphatic rings. The highest BCUT2D eigenvalue weighted by Crippen LogP contribution is 2.28. The van der Waals surface area contributed by atoms with Gasteiger partial charge in [-0.1, -0.05) is 18.2 Å². The van der Waals surface area contributed by atoms with E-state index >= 15 is 0 Å². The Bertz CT molecular complexity index is 614. The number of hydrogen-bond donors (Lipinski definition) is 2. The van der Waals surface area contributed by atoms with E-state index in [2.05, 4.69) is 5.32 Å². The predicted molar refractivity (Wildman–Crippen MR) is 66.3 cm³/mol. The summed E-state index contributed by atoms with van der Waals surface area (Å²) in [5.74, 6) is 1.05. The number of amides is 1. The SMILES string of the molecule is CCS(=O)(=O)O.O=C=C1C(=O)Nc2ccccc21. The van der Waals surface area contributed by atoms with Crippen molar-refractivity contribution in [3.05, 3.63) is 29.8 Å². The highest BCUT2D eigenvalue weighted by Gasteiger charge is 2.24. The van der Waals surface area contributed by atoms with Crippen molar-refractivity contribution in [3.8, 4) is 0 Å². The maximum Gasteiger partial charge on any atom is 0.267 e. The second-order valence-corrected chi connectivity index (χ2v) is 5.09. The zero-order valence-corrected chi connectivity index (χ0v) is 10.3. The van der Waals surface area contributed by atoms with Gasteiger partial charge in [0.25, 0.3) is 16.0 Å². The Labute approximate surface area is 104 Å². The van der Waals surface area contributed by atoms with Crippen molar-refractivity contribution >= 4 is 33.2 Å². The third-order valence-electron chi connectivity index (χ3n) is 2.14. The second kappa shape index (κ2) is 5.59. The molecular weight excluding hydrogens is 258 g/mol. The van der Waals surface area contributed by atoms with E-state index in [0.29, 0.717) is 11.3 Å². The third kappa shape index (κ3) is 3.53. The van der Waals surface area contributed by atoms with Gasteiger partial charge in [0.05, 0.1) is 5.75 Å². The van der Waals surface area contributed by atoms with Gasteiger partial charge in [0, 0.05) is 11.3 Å². The number of hydrogen-bond acceptors (Lipinski definition) is 4. The van der Waals surface area contributed by atoms with Gasteiger partial charge in [-0.3, -0.25) is 9.35 Å². The van der Waals surface area contributed by atoms with E-state index in [1.54, 1.807) is 30.2 Å². The zero-order valence-electron chi connectivity index (χ0n) is 9.50. The molecule has 2 N–H and O–H groups in total. The lowest BCUT2D eigenvalue weighted by atomic mass is 10.1. The lowest BCUT2D eigenvalue weighted by Gasteiger charge is -1.92. The molecule has 7 heteroatoms. The summed E-state index contributed by atoms with van der Waals surface area (Å²) in [6.07, 6.45) is 0. The predicted octanol–water partition coefficient (Wildman–Crippen LogP) is 0.748. The number of para-hydroxylation sites is 1. The van der Waals surface area contributed by atoms with Crippen LogP contribution < -0.4 is 5.32 Å². The number of carbonyl (C=O) groups is 1. The van der Waals surface area contributed by atoms with Crippen LogP contribution in [-0.2, 0) is 19.7 Å². The first-order chi connectivity index (χ1) is 8.39. The number of nitrogens with one attached hydrogen (secondary N) is 1. The molecule has 96 valence electrons. The van der Waals surface area contributed by atoms with E-state index in [1.807, 2.05) is 0 Å². The van der Waals surface area contributed by atoms with Crippen molar-refractivity contribution in [2.45, 2.75) is 6.92 Å². The van der Waals surface area contributed by atoms with Crippen molar-refractivity contribution in [2.24, 2.45) is 0 Å². The fourth-order valence-electron chi connectivity index (χ4n) is 1.22. The van der Waals surface area contributed by atoms with Crippen LogP contribution in [0.5, 0.6) is 0 Å². The van der Waals surface area contributed by atoms with Crippen LogP contribution in [0.1, 0.15) is 12.5 Å².